The van der Waals surface area contributed by atoms with Gasteiger partial charge in [-0.05, 0) is 66.4 Å². The smallest absolute Gasteiger partial charge is 0.291 e. The summed E-state index contributed by atoms with van der Waals surface area (Å²) in [4.78, 5) is 23.6. The number of non-ortho nitro benzene ring substituents is 1. The molecular weight excluding hydrogens is 496 g/mol. The molecule has 1 aromatic heterocycles. The first-order valence-corrected chi connectivity index (χ1v) is 12.0. The number of nitro benzene ring substituents is 1. The summed E-state index contributed by atoms with van der Waals surface area (Å²) < 4.78 is 17.1. The second-order valence-corrected chi connectivity index (χ2v) is 8.85. The summed E-state index contributed by atoms with van der Waals surface area (Å²) in [6.07, 6.45) is 1.06. The largest absolute Gasteiger partial charge is 0.486 e. The first-order chi connectivity index (χ1) is 17.8. The van der Waals surface area contributed by atoms with Crippen molar-refractivity contribution in [2.75, 3.05) is 5.32 Å². The third-order valence-corrected chi connectivity index (χ3v) is 5.99. The fraction of sp³-hybridized carbons (Fsp3) is 0.179. The summed E-state index contributed by atoms with van der Waals surface area (Å²) in [6.45, 7) is 4.46. The molecule has 0 spiro atoms. The molecule has 37 heavy (non-hydrogen) atoms. The van der Waals surface area contributed by atoms with E-state index >= 15 is 0 Å². The van der Waals surface area contributed by atoms with Crippen LogP contribution in [0.2, 0.25) is 5.02 Å². The summed E-state index contributed by atoms with van der Waals surface area (Å²) in [5.41, 5.74) is 1.18. The molecule has 0 aliphatic carbocycles. The Morgan fingerprint density at radius 3 is 2.38 bits per heavy atom. The van der Waals surface area contributed by atoms with Crippen molar-refractivity contribution in [2.45, 2.75) is 32.8 Å². The van der Waals surface area contributed by atoms with Crippen molar-refractivity contribution in [3.8, 4) is 17.2 Å². The van der Waals surface area contributed by atoms with E-state index in [9.17, 15) is 14.9 Å². The van der Waals surface area contributed by atoms with Gasteiger partial charge in [0, 0.05) is 17.2 Å². The first kappa shape index (κ1) is 25.8. The standard InChI is InChI=1S/C28H25ClN2O6/c1-3-18(2)19-4-8-23(9-5-19)35-17-25-12-13-27(37-25)28(32)30-21-14-22(31(33)34)16-26(15-21)36-24-10-6-20(29)7-11-24/h4-16,18H,3,17H2,1-2H3,(H,30,32). The van der Waals surface area contributed by atoms with Gasteiger partial charge in [0.05, 0.1) is 16.7 Å². The minimum absolute atomic E-state index is 0.0393. The van der Waals surface area contributed by atoms with Crippen LogP contribution in [0.25, 0.3) is 0 Å². The molecule has 0 saturated heterocycles. The number of rotatable bonds is 10. The average Bonchev–Trinajstić information content (AvgIpc) is 3.38. The van der Waals surface area contributed by atoms with E-state index in [2.05, 4.69) is 19.2 Å². The number of benzene rings is 3. The van der Waals surface area contributed by atoms with Gasteiger partial charge in [-0.2, -0.15) is 0 Å². The van der Waals surface area contributed by atoms with Gasteiger partial charge in [-0.25, -0.2) is 0 Å². The Balaban J connectivity index is 1.41. The molecule has 9 heteroatoms. The van der Waals surface area contributed by atoms with E-state index in [-0.39, 0.29) is 29.5 Å². The van der Waals surface area contributed by atoms with Crippen LogP contribution < -0.4 is 14.8 Å². The second-order valence-electron chi connectivity index (χ2n) is 8.42. The van der Waals surface area contributed by atoms with Crippen LogP contribution in [0.15, 0.2) is 83.3 Å². The molecule has 1 unspecified atom stereocenters. The molecule has 0 aliphatic rings. The molecule has 3 aromatic carbocycles. The molecule has 1 heterocycles. The number of nitrogens with one attached hydrogen (secondary N) is 1. The van der Waals surface area contributed by atoms with Crippen molar-refractivity contribution in [3.63, 3.8) is 0 Å². The number of carbonyl (C=O) groups is 1. The van der Waals surface area contributed by atoms with Crippen molar-refractivity contribution in [1.82, 2.24) is 0 Å². The molecule has 0 fully saturated rings. The van der Waals surface area contributed by atoms with E-state index in [1.54, 1.807) is 30.3 Å². The number of carbonyl (C=O) groups excluding carboxylic acids is 1. The van der Waals surface area contributed by atoms with Gasteiger partial charge in [-0.1, -0.05) is 37.6 Å². The Morgan fingerprint density at radius 1 is 1.00 bits per heavy atom. The summed E-state index contributed by atoms with van der Waals surface area (Å²) in [7, 11) is 0. The Labute approximate surface area is 218 Å². The van der Waals surface area contributed by atoms with Gasteiger partial charge in [-0.15, -0.1) is 0 Å². The maximum Gasteiger partial charge on any atom is 0.291 e. The SMILES string of the molecule is CCC(C)c1ccc(OCc2ccc(C(=O)Nc3cc(Oc4ccc(Cl)cc4)cc([N+](=O)[O-])c3)o2)cc1. The number of hydrogen-bond donors (Lipinski definition) is 1. The van der Waals surface area contributed by atoms with Gasteiger partial charge in [0.1, 0.15) is 29.6 Å². The lowest BCUT2D eigenvalue weighted by molar-refractivity contribution is -0.384. The van der Waals surface area contributed by atoms with Gasteiger partial charge in [-0.3, -0.25) is 14.9 Å². The zero-order valence-electron chi connectivity index (χ0n) is 20.3. The molecule has 0 aliphatic heterocycles. The normalized spacial score (nSPS) is 11.5. The van der Waals surface area contributed by atoms with Gasteiger partial charge in [0.15, 0.2) is 5.76 Å². The van der Waals surface area contributed by atoms with Crippen molar-refractivity contribution >= 4 is 28.9 Å². The Hall–Kier alpha value is -4.30. The van der Waals surface area contributed by atoms with Crippen LogP contribution in [0.5, 0.6) is 17.2 Å². The highest BCUT2D eigenvalue weighted by Gasteiger charge is 2.16. The molecular formula is C28H25ClN2O6. The lowest BCUT2D eigenvalue weighted by atomic mass is 9.99. The molecule has 1 amide bonds. The predicted molar refractivity (Wildman–Crippen MR) is 141 cm³/mol. The molecule has 8 nitrogen and oxygen atoms in total. The monoisotopic (exact) mass is 520 g/mol. The highest BCUT2D eigenvalue weighted by atomic mass is 35.5. The maximum absolute atomic E-state index is 12.7. The number of hydrogen-bond acceptors (Lipinski definition) is 6. The van der Waals surface area contributed by atoms with Crippen molar-refractivity contribution in [3.05, 3.63) is 111 Å². The molecule has 1 atom stereocenters. The fourth-order valence-electron chi connectivity index (χ4n) is 3.51. The van der Waals surface area contributed by atoms with Crippen molar-refractivity contribution in [1.29, 1.82) is 0 Å². The molecule has 0 radical (unpaired) electrons. The van der Waals surface area contributed by atoms with Crippen LogP contribution in [-0.2, 0) is 6.61 Å². The molecule has 1 N–H and O–H groups in total. The third kappa shape index (κ3) is 6.89. The number of nitro groups is 1. The van der Waals surface area contributed by atoms with E-state index in [1.807, 2.05) is 24.3 Å². The maximum atomic E-state index is 12.7. The van der Waals surface area contributed by atoms with Crippen LogP contribution >= 0.6 is 11.6 Å². The van der Waals surface area contributed by atoms with E-state index < -0.39 is 10.8 Å². The quantitative estimate of drug-likeness (QED) is 0.168. The number of amides is 1. The molecule has 4 rings (SSSR count). The first-order valence-electron chi connectivity index (χ1n) is 11.7. The summed E-state index contributed by atoms with van der Waals surface area (Å²) >= 11 is 5.89. The molecule has 0 saturated carbocycles. The molecule has 0 bridgehead atoms. The van der Waals surface area contributed by atoms with E-state index in [0.717, 1.165) is 6.42 Å². The van der Waals surface area contributed by atoms with Crippen molar-refractivity contribution < 1.29 is 23.6 Å². The lowest BCUT2D eigenvalue weighted by Crippen LogP contribution is -2.11. The van der Waals surface area contributed by atoms with Gasteiger partial charge >= 0.3 is 0 Å². The summed E-state index contributed by atoms with van der Waals surface area (Å²) in [5, 5.41) is 14.6. The second kappa shape index (κ2) is 11.6. The number of ether oxygens (including phenoxy) is 2. The number of anilines is 1. The van der Waals surface area contributed by atoms with Crippen LogP contribution in [-0.4, -0.2) is 10.8 Å². The van der Waals surface area contributed by atoms with Gasteiger partial charge in [0.25, 0.3) is 11.6 Å². The average molecular weight is 521 g/mol. The van der Waals surface area contributed by atoms with Crippen LogP contribution in [0, 0.1) is 10.1 Å². The number of furan rings is 1. The zero-order chi connectivity index (χ0) is 26.4. The van der Waals surface area contributed by atoms with Crippen LogP contribution in [0.1, 0.15) is 48.1 Å². The summed E-state index contributed by atoms with van der Waals surface area (Å²) in [6, 6.07) is 21.6. The third-order valence-electron chi connectivity index (χ3n) is 5.74. The predicted octanol–water partition coefficient (Wildman–Crippen LogP) is 7.98. The molecule has 4 aromatic rings. The molecule has 190 valence electrons. The highest BCUT2D eigenvalue weighted by molar-refractivity contribution is 6.30. The fourth-order valence-corrected chi connectivity index (χ4v) is 3.64. The highest BCUT2D eigenvalue weighted by Crippen LogP contribution is 2.31. The van der Waals surface area contributed by atoms with Crippen molar-refractivity contribution in [2.24, 2.45) is 0 Å². The Kier molecular flexibility index (Phi) is 8.10. The summed E-state index contributed by atoms with van der Waals surface area (Å²) in [5.74, 6) is 1.72. The zero-order valence-corrected chi connectivity index (χ0v) is 21.0. The minimum Gasteiger partial charge on any atom is -0.486 e. The topological polar surface area (TPSA) is 104 Å². The Morgan fingerprint density at radius 2 is 1.70 bits per heavy atom. The minimum atomic E-state index is -0.568. The van der Waals surface area contributed by atoms with E-state index in [0.29, 0.717) is 28.2 Å². The van der Waals surface area contributed by atoms with Crippen LogP contribution in [0.3, 0.4) is 0 Å². The van der Waals surface area contributed by atoms with E-state index in [4.69, 9.17) is 25.5 Å². The van der Waals surface area contributed by atoms with Gasteiger partial charge in [0.2, 0.25) is 0 Å². The van der Waals surface area contributed by atoms with Crippen LogP contribution in [0.4, 0.5) is 11.4 Å². The Bertz CT molecular complexity index is 1380. The number of halogens is 1. The lowest BCUT2D eigenvalue weighted by Gasteiger charge is -2.10. The van der Waals surface area contributed by atoms with Gasteiger partial charge < -0.3 is 19.2 Å². The number of nitrogens with zero attached hydrogens (tertiary/aromatic N) is 1. The van der Waals surface area contributed by atoms with E-state index in [1.165, 1.54) is 29.8 Å².